The van der Waals surface area contributed by atoms with Crippen molar-refractivity contribution in [2.75, 3.05) is 19.0 Å². The van der Waals surface area contributed by atoms with Crippen LogP contribution in [0.1, 0.15) is 11.6 Å². The van der Waals surface area contributed by atoms with Gasteiger partial charge in [0.15, 0.2) is 0 Å². The average molecular weight is 315 g/mol. The van der Waals surface area contributed by atoms with E-state index in [1.807, 2.05) is 0 Å². The number of nitrogens with two attached hydrogens (primary N) is 1. The van der Waals surface area contributed by atoms with Gasteiger partial charge in [0.05, 0.1) is 21.8 Å². The summed E-state index contributed by atoms with van der Waals surface area (Å²) in [6.45, 7) is 0. The van der Waals surface area contributed by atoms with Crippen molar-refractivity contribution in [2.24, 2.45) is 5.73 Å². The van der Waals surface area contributed by atoms with E-state index in [-0.39, 0.29) is 15.6 Å². The SMILES string of the molecule is CN(C)c1c(Cl)cc(C(N)C(=O)C(F)(F)F)cc1Cl. The minimum absolute atomic E-state index is 0.0806. The fourth-order valence-corrected chi connectivity index (χ4v) is 2.36. The van der Waals surface area contributed by atoms with Gasteiger partial charge in [0.25, 0.3) is 5.78 Å². The molecule has 1 unspecified atom stereocenters. The standard InChI is InChI=1S/C11H11Cl2F3N2O/c1-18(2)9-6(12)3-5(4-7(9)13)8(17)10(19)11(14,15)16/h3-4,8H,17H2,1-2H3. The van der Waals surface area contributed by atoms with E-state index in [0.29, 0.717) is 5.69 Å². The first kappa shape index (κ1) is 16.1. The molecule has 0 aliphatic rings. The van der Waals surface area contributed by atoms with Crippen molar-refractivity contribution in [3.8, 4) is 0 Å². The fraction of sp³-hybridized carbons (Fsp3) is 0.364. The molecule has 0 heterocycles. The smallest absolute Gasteiger partial charge is 0.375 e. The van der Waals surface area contributed by atoms with E-state index in [9.17, 15) is 18.0 Å². The molecule has 1 rings (SSSR count). The summed E-state index contributed by atoms with van der Waals surface area (Å²) >= 11 is 11.8. The van der Waals surface area contributed by atoms with Gasteiger partial charge in [-0.05, 0) is 17.7 Å². The lowest BCUT2D eigenvalue weighted by Gasteiger charge is -2.19. The minimum Gasteiger partial charge on any atom is -0.375 e. The maximum Gasteiger partial charge on any atom is 0.452 e. The third-order valence-electron chi connectivity index (χ3n) is 2.41. The van der Waals surface area contributed by atoms with Crippen LogP contribution < -0.4 is 10.6 Å². The molecule has 0 spiro atoms. The molecule has 106 valence electrons. The lowest BCUT2D eigenvalue weighted by molar-refractivity contribution is -0.172. The number of Topliss-reactive ketones (excluding diaryl/α,β-unsaturated/α-hetero) is 1. The molecule has 0 saturated carbocycles. The summed E-state index contributed by atoms with van der Waals surface area (Å²) in [6.07, 6.45) is -5.00. The summed E-state index contributed by atoms with van der Waals surface area (Å²) < 4.78 is 36.9. The first-order valence-corrected chi connectivity index (χ1v) is 5.84. The van der Waals surface area contributed by atoms with Crippen LogP contribution >= 0.6 is 23.2 Å². The van der Waals surface area contributed by atoms with Crippen molar-refractivity contribution in [3.63, 3.8) is 0 Å². The minimum atomic E-state index is -5.00. The Morgan fingerprint density at radius 2 is 1.68 bits per heavy atom. The number of carbonyl (C=O) groups excluding carboxylic acids is 1. The molecule has 0 fully saturated rings. The van der Waals surface area contributed by atoms with Crippen LogP contribution in [0.5, 0.6) is 0 Å². The average Bonchev–Trinajstić information content (AvgIpc) is 2.24. The van der Waals surface area contributed by atoms with Crippen LogP contribution in [0.15, 0.2) is 12.1 Å². The summed E-state index contributed by atoms with van der Waals surface area (Å²) in [5.74, 6) is -2.04. The molecule has 0 bridgehead atoms. The Kier molecular flexibility index (Phi) is 4.71. The number of ketones is 1. The normalized spacial score (nSPS) is 13.3. The Balaban J connectivity index is 3.21. The van der Waals surface area contributed by atoms with E-state index in [2.05, 4.69) is 0 Å². The van der Waals surface area contributed by atoms with Gasteiger partial charge in [0, 0.05) is 14.1 Å². The van der Waals surface area contributed by atoms with Crippen molar-refractivity contribution in [1.29, 1.82) is 0 Å². The van der Waals surface area contributed by atoms with Crippen LogP contribution in [0.2, 0.25) is 10.0 Å². The quantitative estimate of drug-likeness (QED) is 0.932. The summed E-state index contributed by atoms with van der Waals surface area (Å²) in [5, 5.41) is 0.246. The van der Waals surface area contributed by atoms with Gasteiger partial charge in [-0.15, -0.1) is 0 Å². The summed E-state index contributed by atoms with van der Waals surface area (Å²) in [4.78, 5) is 12.7. The summed E-state index contributed by atoms with van der Waals surface area (Å²) in [6, 6.07) is 0.569. The molecule has 1 aromatic rings. The second kappa shape index (κ2) is 5.56. The van der Waals surface area contributed by atoms with E-state index in [1.165, 1.54) is 12.1 Å². The van der Waals surface area contributed by atoms with Gasteiger partial charge in [0.2, 0.25) is 0 Å². The highest BCUT2D eigenvalue weighted by Gasteiger charge is 2.42. The number of hydrogen-bond donors (Lipinski definition) is 1. The Morgan fingerprint density at radius 1 is 1.26 bits per heavy atom. The largest absolute Gasteiger partial charge is 0.452 e. The highest BCUT2D eigenvalue weighted by molar-refractivity contribution is 6.39. The summed E-state index contributed by atoms with van der Waals surface area (Å²) in [5.41, 5.74) is 5.65. The van der Waals surface area contributed by atoms with Crippen LogP contribution in [0.3, 0.4) is 0 Å². The Bertz CT molecular complexity index is 480. The molecular formula is C11H11Cl2F3N2O. The van der Waals surface area contributed by atoms with Gasteiger partial charge in [-0.1, -0.05) is 23.2 Å². The maximum atomic E-state index is 12.3. The molecule has 19 heavy (non-hydrogen) atoms. The second-order valence-corrected chi connectivity index (χ2v) is 4.88. The molecule has 1 aromatic carbocycles. The van der Waals surface area contributed by atoms with Crippen LogP contribution in [-0.4, -0.2) is 26.1 Å². The highest BCUT2D eigenvalue weighted by atomic mass is 35.5. The van der Waals surface area contributed by atoms with Crippen LogP contribution in [0.25, 0.3) is 0 Å². The van der Waals surface area contributed by atoms with E-state index in [4.69, 9.17) is 28.9 Å². The maximum absolute atomic E-state index is 12.3. The van der Waals surface area contributed by atoms with Crippen molar-refractivity contribution in [1.82, 2.24) is 0 Å². The van der Waals surface area contributed by atoms with Crippen molar-refractivity contribution in [3.05, 3.63) is 27.7 Å². The van der Waals surface area contributed by atoms with Gasteiger partial charge < -0.3 is 10.6 Å². The zero-order valence-electron chi connectivity index (χ0n) is 10.1. The molecule has 0 amide bonds. The van der Waals surface area contributed by atoms with Crippen LogP contribution in [0, 0.1) is 0 Å². The van der Waals surface area contributed by atoms with E-state index < -0.39 is 18.0 Å². The van der Waals surface area contributed by atoms with Gasteiger partial charge in [0.1, 0.15) is 0 Å². The molecule has 0 aromatic heterocycles. The third-order valence-corrected chi connectivity index (χ3v) is 2.98. The zero-order valence-corrected chi connectivity index (χ0v) is 11.6. The fourth-order valence-electron chi connectivity index (χ4n) is 1.52. The number of rotatable bonds is 3. The van der Waals surface area contributed by atoms with E-state index >= 15 is 0 Å². The zero-order chi connectivity index (χ0) is 15.0. The molecule has 0 aliphatic heterocycles. The molecular weight excluding hydrogens is 304 g/mol. The second-order valence-electron chi connectivity index (χ2n) is 4.07. The first-order chi connectivity index (χ1) is 8.55. The predicted molar refractivity (Wildman–Crippen MR) is 68.8 cm³/mol. The Hall–Kier alpha value is -0.980. The lowest BCUT2D eigenvalue weighted by Crippen LogP contribution is -2.34. The number of nitrogens with zero attached hydrogens (tertiary/aromatic N) is 1. The highest BCUT2D eigenvalue weighted by Crippen LogP contribution is 2.36. The van der Waals surface area contributed by atoms with Crippen LogP contribution in [-0.2, 0) is 4.79 Å². The number of benzene rings is 1. The van der Waals surface area contributed by atoms with Crippen molar-refractivity contribution < 1.29 is 18.0 Å². The third kappa shape index (κ3) is 3.52. The van der Waals surface area contributed by atoms with Gasteiger partial charge in [-0.25, -0.2) is 0 Å². The molecule has 0 radical (unpaired) electrons. The monoisotopic (exact) mass is 314 g/mol. The molecule has 3 nitrogen and oxygen atoms in total. The number of halogens is 5. The molecule has 1 atom stereocenters. The van der Waals surface area contributed by atoms with Crippen molar-refractivity contribution >= 4 is 34.7 Å². The Labute approximate surface area is 118 Å². The number of anilines is 1. The number of hydrogen-bond acceptors (Lipinski definition) is 3. The summed E-state index contributed by atoms with van der Waals surface area (Å²) in [7, 11) is 3.35. The molecule has 0 saturated heterocycles. The van der Waals surface area contributed by atoms with Gasteiger partial charge in [-0.3, -0.25) is 4.79 Å². The number of alkyl halides is 3. The Morgan fingerprint density at radius 3 is 2.00 bits per heavy atom. The molecule has 2 N–H and O–H groups in total. The molecule has 8 heteroatoms. The lowest BCUT2D eigenvalue weighted by atomic mass is 10.0. The van der Waals surface area contributed by atoms with Crippen molar-refractivity contribution in [2.45, 2.75) is 12.2 Å². The topological polar surface area (TPSA) is 46.3 Å². The molecule has 0 aliphatic carbocycles. The van der Waals surface area contributed by atoms with E-state index in [0.717, 1.165) is 0 Å². The first-order valence-electron chi connectivity index (χ1n) is 5.08. The van der Waals surface area contributed by atoms with E-state index in [1.54, 1.807) is 19.0 Å². The van der Waals surface area contributed by atoms with Gasteiger partial charge in [-0.2, -0.15) is 13.2 Å². The van der Waals surface area contributed by atoms with Gasteiger partial charge >= 0.3 is 6.18 Å². The number of carbonyl (C=O) groups is 1. The van der Waals surface area contributed by atoms with Crippen LogP contribution in [0.4, 0.5) is 18.9 Å². The predicted octanol–water partition coefficient (Wildman–Crippen LogP) is 3.19.